The number of phenolic OH excluding ortho intramolecular Hbond substituents is 1. The minimum Gasteiger partial charge on any atom is -0.508 e. The van der Waals surface area contributed by atoms with Gasteiger partial charge in [0.15, 0.2) is 0 Å². The Morgan fingerprint density at radius 3 is 2.55 bits per heavy atom. The van der Waals surface area contributed by atoms with E-state index in [1.165, 1.54) is 10.7 Å². The van der Waals surface area contributed by atoms with Crippen LogP contribution in [0, 0.1) is 0 Å². The zero-order chi connectivity index (χ0) is 20.4. The van der Waals surface area contributed by atoms with Crippen molar-refractivity contribution in [3.63, 3.8) is 0 Å². The van der Waals surface area contributed by atoms with Crippen molar-refractivity contribution >= 4 is 0 Å². The molecule has 29 heavy (non-hydrogen) atoms. The Bertz CT molecular complexity index is 963. The summed E-state index contributed by atoms with van der Waals surface area (Å²) in [6.07, 6.45) is 0.366. The number of rotatable bonds is 4. The number of nitrogens with zero attached hydrogens (tertiary/aromatic N) is 5. The maximum absolute atomic E-state index is 12.6. The number of aromatic nitrogens is 4. The summed E-state index contributed by atoms with van der Waals surface area (Å²) in [7, 11) is 0. The van der Waals surface area contributed by atoms with Gasteiger partial charge in [0, 0.05) is 6.54 Å². The summed E-state index contributed by atoms with van der Waals surface area (Å²) in [6, 6.07) is 9.67. The van der Waals surface area contributed by atoms with Gasteiger partial charge < -0.3 is 5.11 Å². The Kier molecular flexibility index (Phi) is 5.23. The fourth-order valence-corrected chi connectivity index (χ4v) is 3.62. The molecule has 3 heterocycles. The second-order valence-electron chi connectivity index (χ2n) is 7.20. The van der Waals surface area contributed by atoms with E-state index in [2.05, 4.69) is 20.2 Å². The number of hydrogen-bond acceptors (Lipinski definition) is 5. The number of hydrogen-bond donors (Lipinski definition) is 1. The number of pyridine rings is 1. The van der Waals surface area contributed by atoms with E-state index in [9.17, 15) is 18.3 Å². The first-order valence-corrected chi connectivity index (χ1v) is 9.34. The Hall–Kier alpha value is -2.94. The van der Waals surface area contributed by atoms with Gasteiger partial charge in [0.05, 0.1) is 23.8 Å². The summed E-state index contributed by atoms with van der Waals surface area (Å²) >= 11 is 0. The summed E-state index contributed by atoms with van der Waals surface area (Å²) in [4.78, 5) is 5.73. The highest BCUT2D eigenvalue weighted by atomic mass is 19.4. The van der Waals surface area contributed by atoms with Gasteiger partial charge in [-0.05, 0) is 61.7 Å². The fraction of sp³-hybridized carbons (Fsp3) is 0.350. The van der Waals surface area contributed by atoms with Gasteiger partial charge in [-0.15, -0.1) is 5.10 Å². The third-order valence-electron chi connectivity index (χ3n) is 5.16. The van der Waals surface area contributed by atoms with Gasteiger partial charge in [-0.2, -0.15) is 13.2 Å². The van der Waals surface area contributed by atoms with Crippen molar-refractivity contribution < 1.29 is 18.3 Å². The molecule has 4 rings (SSSR count). The molecular weight excluding hydrogens is 383 g/mol. The Morgan fingerprint density at radius 2 is 1.90 bits per heavy atom. The maximum Gasteiger partial charge on any atom is 0.433 e. The zero-order valence-electron chi connectivity index (χ0n) is 15.5. The van der Waals surface area contributed by atoms with Crippen molar-refractivity contribution in [2.45, 2.75) is 31.5 Å². The lowest BCUT2D eigenvalue weighted by Gasteiger charge is -2.31. The number of aromatic hydroxyl groups is 1. The van der Waals surface area contributed by atoms with Gasteiger partial charge in [-0.3, -0.25) is 4.90 Å². The third kappa shape index (κ3) is 4.56. The minimum atomic E-state index is -4.46. The van der Waals surface area contributed by atoms with Crippen LogP contribution in [0.4, 0.5) is 13.2 Å². The van der Waals surface area contributed by atoms with Crippen molar-refractivity contribution in [2.75, 3.05) is 13.1 Å². The number of piperidine rings is 1. The molecule has 0 radical (unpaired) electrons. The summed E-state index contributed by atoms with van der Waals surface area (Å²) in [6.45, 7) is 2.42. The van der Waals surface area contributed by atoms with Crippen LogP contribution in [0.5, 0.6) is 5.75 Å². The number of likely N-dealkylation sites (tertiary alicyclic amines) is 1. The summed E-state index contributed by atoms with van der Waals surface area (Å²) in [5.41, 5.74) is 1.40. The van der Waals surface area contributed by atoms with E-state index in [4.69, 9.17) is 0 Å². The number of alkyl halides is 3. The molecule has 9 heteroatoms. The topological polar surface area (TPSA) is 67.1 Å². The van der Waals surface area contributed by atoms with E-state index in [0.717, 1.165) is 49.5 Å². The highest BCUT2D eigenvalue weighted by molar-refractivity contribution is 5.30. The predicted octanol–water partition coefficient (Wildman–Crippen LogP) is 3.77. The van der Waals surface area contributed by atoms with Gasteiger partial charge in [0.2, 0.25) is 0 Å². The summed E-state index contributed by atoms with van der Waals surface area (Å²) in [5.74, 6) is 0.714. The van der Waals surface area contributed by atoms with Crippen molar-refractivity contribution in [1.29, 1.82) is 0 Å². The van der Waals surface area contributed by atoms with Crippen molar-refractivity contribution in [3.8, 4) is 11.4 Å². The SMILES string of the molecule is Oc1cccc(C2CCN(Cc3cn(-c4ccc(C(F)(F)F)nc4)nn3)CC2)c1. The molecule has 0 bridgehead atoms. The fourth-order valence-electron chi connectivity index (χ4n) is 3.62. The first-order valence-electron chi connectivity index (χ1n) is 9.34. The molecule has 0 amide bonds. The molecule has 0 saturated carbocycles. The van der Waals surface area contributed by atoms with Crippen LogP contribution in [0.15, 0.2) is 48.8 Å². The maximum atomic E-state index is 12.6. The van der Waals surface area contributed by atoms with Crippen molar-refractivity contribution in [2.24, 2.45) is 0 Å². The monoisotopic (exact) mass is 403 g/mol. The van der Waals surface area contributed by atoms with Gasteiger partial charge in [-0.25, -0.2) is 9.67 Å². The molecule has 0 aliphatic carbocycles. The molecule has 2 aromatic heterocycles. The van der Waals surface area contributed by atoms with Crippen molar-refractivity contribution in [3.05, 3.63) is 65.7 Å². The third-order valence-corrected chi connectivity index (χ3v) is 5.16. The molecule has 1 N–H and O–H groups in total. The predicted molar refractivity (Wildman–Crippen MR) is 99.5 cm³/mol. The largest absolute Gasteiger partial charge is 0.508 e. The highest BCUT2D eigenvalue weighted by Gasteiger charge is 2.32. The molecule has 1 aliphatic heterocycles. The van der Waals surface area contributed by atoms with Crippen LogP contribution >= 0.6 is 0 Å². The number of phenols is 1. The molecule has 0 atom stereocenters. The molecule has 1 fully saturated rings. The molecule has 152 valence electrons. The number of benzene rings is 1. The standard InChI is InChI=1S/C20H20F3N5O/c21-20(22,23)19-5-4-17(11-24-19)28-13-16(25-26-28)12-27-8-6-14(7-9-27)15-2-1-3-18(29)10-15/h1-5,10-11,13-14,29H,6-9,12H2. The zero-order valence-corrected chi connectivity index (χ0v) is 15.5. The van der Waals surface area contributed by atoms with E-state index < -0.39 is 11.9 Å². The Labute approximate surface area is 165 Å². The van der Waals surface area contributed by atoms with E-state index in [1.807, 2.05) is 18.2 Å². The Balaban J connectivity index is 1.35. The van der Waals surface area contributed by atoms with Gasteiger partial charge >= 0.3 is 6.18 Å². The van der Waals surface area contributed by atoms with Crippen LogP contribution in [0.25, 0.3) is 5.69 Å². The molecule has 1 aliphatic rings. The van der Waals surface area contributed by atoms with Crippen molar-refractivity contribution in [1.82, 2.24) is 24.9 Å². The Morgan fingerprint density at radius 1 is 1.10 bits per heavy atom. The second-order valence-corrected chi connectivity index (χ2v) is 7.20. The molecule has 0 spiro atoms. The van der Waals surface area contributed by atoms with E-state index in [0.29, 0.717) is 23.9 Å². The lowest BCUT2D eigenvalue weighted by Crippen LogP contribution is -2.32. The first-order chi connectivity index (χ1) is 13.9. The normalized spacial score (nSPS) is 16.2. The first kappa shape index (κ1) is 19.4. The average molecular weight is 403 g/mol. The van der Waals surface area contributed by atoms with Gasteiger partial charge in [0.1, 0.15) is 11.4 Å². The highest BCUT2D eigenvalue weighted by Crippen LogP contribution is 2.30. The van der Waals surface area contributed by atoms with E-state index >= 15 is 0 Å². The van der Waals surface area contributed by atoms with Crippen LogP contribution in [0.2, 0.25) is 0 Å². The van der Waals surface area contributed by atoms with Crippen LogP contribution in [-0.2, 0) is 12.7 Å². The molecule has 1 saturated heterocycles. The molecule has 3 aromatic rings. The van der Waals surface area contributed by atoms with Crippen LogP contribution in [-0.4, -0.2) is 43.1 Å². The lowest BCUT2D eigenvalue weighted by molar-refractivity contribution is -0.141. The van der Waals surface area contributed by atoms with Gasteiger partial charge in [-0.1, -0.05) is 17.3 Å². The molecule has 1 aromatic carbocycles. The molecular formula is C20H20F3N5O. The quantitative estimate of drug-likeness (QED) is 0.718. The van der Waals surface area contributed by atoms with E-state index in [1.54, 1.807) is 12.3 Å². The van der Waals surface area contributed by atoms with Crippen LogP contribution in [0.3, 0.4) is 0 Å². The minimum absolute atomic E-state index is 0.291. The summed E-state index contributed by atoms with van der Waals surface area (Å²) in [5, 5.41) is 17.8. The van der Waals surface area contributed by atoms with Crippen LogP contribution < -0.4 is 0 Å². The van der Waals surface area contributed by atoms with E-state index in [-0.39, 0.29) is 0 Å². The van der Waals surface area contributed by atoms with Gasteiger partial charge in [0.25, 0.3) is 0 Å². The molecule has 0 unspecified atom stereocenters. The summed E-state index contributed by atoms with van der Waals surface area (Å²) < 4.78 is 39.3. The van der Waals surface area contributed by atoms with Crippen LogP contribution in [0.1, 0.15) is 35.7 Å². The average Bonchev–Trinajstić information content (AvgIpc) is 3.16. The molecule has 6 nitrogen and oxygen atoms in total. The second kappa shape index (κ2) is 7.82. The lowest BCUT2D eigenvalue weighted by atomic mass is 9.89. The number of halogens is 3. The smallest absolute Gasteiger partial charge is 0.433 e.